The molecule has 0 aliphatic carbocycles. The van der Waals surface area contributed by atoms with Gasteiger partial charge in [-0.05, 0) is 45.4 Å². The van der Waals surface area contributed by atoms with Crippen LogP contribution in [-0.2, 0) is 5.41 Å². The maximum atomic E-state index is 12.1. The van der Waals surface area contributed by atoms with E-state index in [1.807, 2.05) is 53.7 Å². The van der Waals surface area contributed by atoms with Crippen LogP contribution in [0, 0.1) is 6.92 Å². The van der Waals surface area contributed by atoms with Gasteiger partial charge in [0.25, 0.3) is 5.91 Å². The number of nitrogens with one attached hydrogen (secondary N) is 1. The molecule has 3 nitrogen and oxygen atoms in total. The van der Waals surface area contributed by atoms with Crippen LogP contribution in [0.4, 0.5) is 0 Å². The average molecular weight is 278 g/mol. The van der Waals surface area contributed by atoms with Gasteiger partial charge in [0.2, 0.25) is 0 Å². The van der Waals surface area contributed by atoms with Crippen LogP contribution in [0.2, 0.25) is 0 Å². The van der Waals surface area contributed by atoms with Gasteiger partial charge in [-0.3, -0.25) is 4.79 Å². The van der Waals surface area contributed by atoms with Crippen LogP contribution in [0.5, 0.6) is 0 Å². The average Bonchev–Trinajstić information content (AvgIpc) is 2.27. The van der Waals surface area contributed by atoms with Crippen LogP contribution in [0.3, 0.4) is 0 Å². The minimum atomic E-state index is -0.246. The van der Waals surface area contributed by atoms with Gasteiger partial charge in [0.1, 0.15) is 5.69 Å². The Morgan fingerprint density at radius 1 is 1.05 bits per heavy atom. The van der Waals surface area contributed by atoms with Gasteiger partial charge in [0.15, 0.2) is 0 Å². The smallest absolute Gasteiger partial charge is 0.270 e. The van der Waals surface area contributed by atoms with Crippen molar-refractivity contribution in [3.63, 3.8) is 0 Å². The number of carbonyl (C=O) groups is 1. The Hall–Kier alpha value is -1.38. The molecule has 0 aliphatic rings. The Bertz CT molecular complexity index is 451. The molecule has 1 N–H and O–H groups in total. The molecule has 0 fully saturated rings. The number of hydrogen-bond donors (Lipinski definition) is 1. The van der Waals surface area contributed by atoms with Gasteiger partial charge in [-0.1, -0.05) is 34.6 Å². The van der Waals surface area contributed by atoms with Gasteiger partial charge in [-0.15, -0.1) is 0 Å². The highest BCUT2D eigenvalue weighted by Crippen LogP contribution is 2.21. The van der Waals surface area contributed by atoms with Crippen molar-refractivity contribution >= 4 is 5.91 Å². The SMILES string of the molecule is CC.Cc1cc(C(=O)NC(C)(C)C)nc(C(C)(C)C)c1. The fourth-order valence-corrected chi connectivity index (χ4v) is 1.57. The molecule has 0 saturated heterocycles. The molecule has 0 saturated carbocycles. The molecule has 1 aromatic heterocycles. The molecule has 1 heterocycles. The van der Waals surface area contributed by atoms with Crippen LogP contribution in [0.15, 0.2) is 12.1 Å². The van der Waals surface area contributed by atoms with E-state index in [2.05, 4.69) is 31.1 Å². The molecule has 20 heavy (non-hydrogen) atoms. The van der Waals surface area contributed by atoms with E-state index in [-0.39, 0.29) is 16.9 Å². The van der Waals surface area contributed by atoms with E-state index in [0.717, 1.165) is 11.3 Å². The summed E-state index contributed by atoms with van der Waals surface area (Å²) in [5, 5.41) is 2.94. The van der Waals surface area contributed by atoms with E-state index in [0.29, 0.717) is 5.69 Å². The van der Waals surface area contributed by atoms with E-state index < -0.39 is 0 Å². The molecular formula is C17H30N2O. The maximum Gasteiger partial charge on any atom is 0.270 e. The van der Waals surface area contributed by atoms with E-state index in [9.17, 15) is 4.79 Å². The number of nitrogens with zero attached hydrogens (tertiary/aromatic N) is 1. The fraction of sp³-hybridized carbons (Fsp3) is 0.647. The van der Waals surface area contributed by atoms with Crippen molar-refractivity contribution < 1.29 is 4.79 Å². The van der Waals surface area contributed by atoms with Gasteiger partial charge in [-0.25, -0.2) is 4.98 Å². The summed E-state index contributed by atoms with van der Waals surface area (Å²) >= 11 is 0. The molecule has 1 rings (SSSR count). The molecule has 0 aromatic carbocycles. The molecule has 0 bridgehead atoms. The second kappa shape index (κ2) is 6.87. The Balaban J connectivity index is 0.00000172. The van der Waals surface area contributed by atoms with Gasteiger partial charge in [0.05, 0.1) is 0 Å². The largest absolute Gasteiger partial charge is 0.346 e. The second-order valence-corrected chi connectivity index (χ2v) is 6.87. The number of pyridine rings is 1. The number of carbonyl (C=O) groups excluding carboxylic acids is 1. The highest BCUT2D eigenvalue weighted by molar-refractivity contribution is 5.93. The normalized spacial score (nSPS) is 11.4. The monoisotopic (exact) mass is 278 g/mol. The first-order valence-electron chi connectivity index (χ1n) is 7.31. The molecule has 0 atom stereocenters. The maximum absolute atomic E-state index is 12.1. The third kappa shape index (κ3) is 6.18. The number of aryl methyl sites for hydroxylation is 1. The highest BCUT2D eigenvalue weighted by Gasteiger charge is 2.20. The first-order chi connectivity index (χ1) is 8.99. The van der Waals surface area contributed by atoms with Crippen molar-refractivity contribution in [2.45, 2.75) is 73.3 Å². The summed E-state index contributed by atoms with van der Waals surface area (Å²) in [5.41, 5.74) is 2.21. The third-order valence-corrected chi connectivity index (χ3v) is 2.46. The molecular weight excluding hydrogens is 248 g/mol. The van der Waals surface area contributed by atoms with Crippen molar-refractivity contribution in [3.05, 3.63) is 29.1 Å². The van der Waals surface area contributed by atoms with Crippen LogP contribution < -0.4 is 5.32 Å². The minimum absolute atomic E-state index is 0.0528. The molecule has 3 heteroatoms. The zero-order chi connectivity index (χ0) is 16.1. The predicted molar refractivity (Wildman–Crippen MR) is 86.2 cm³/mol. The molecule has 1 amide bonds. The van der Waals surface area contributed by atoms with Crippen LogP contribution in [0.25, 0.3) is 0 Å². The molecule has 1 aromatic rings. The molecule has 0 aliphatic heterocycles. The molecule has 0 unspecified atom stereocenters. The highest BCUT2D eigenvalue weighted by atomic mass is 16.2. The van der Waals surface area contributed by atoms with Crippen LogP contribution in [0.1, 0.15) is 77.1 Å². The first-order valence-corrected chi connectivity index (χ1v) is 7.31. The standard InChI is InChI=1S/C15H24N2O.C2H6/c1-10-8-11(13(18)17-15(5,6)7)16-12(9-10)14(2,3)4;1-2/h8-9H,1-7H3,(H,17,18);1-2H3. The summed E-state index contributed by atoms with van der Waals surface area (Å²) in [6.07, 6.45) is 0. The molecule has 0 spiro atoms. The van der Waals surface area contributed by atoms with Gasteiger partial charge in [-0.2, -0.15) is 0 Å². The summed E-state index contributed by atoms with van der Waals surface area (Å²) < 4.78 is 0. The zero-order valence-corrected chi connectivity index (χ0v) is 14.5. The fourth-order valence-electron chi connectivity index (χ4n) is 1.57. The lowest BCUT2D eigenvalue weighted by atomic mass is 9.90. The van der Waals surface area contributed by atoms with E-state index >= 15 is 0 Å². The zero-order valence-electron chi connectivity index (χ0n) is 14.5. The lowest BCUT2D eigenvalue weighted by molar-refractivity contribution is 0.0914. The lowest BCUT2D eigenvalue weighted by Gasteiger charge is -2.22. The first kappa shape index (κ1) is 18.6. The summed E-state index contributed by atoms with van der Waals surface area (Å²) in [6.45, 7) is 18.2. The van der Waals surface area contributed by atoms with Crippen molar-refractivity contribution in [1.29, 1.82) is 0 Å². The van der Waals surface area contributed by atoms with Crippen molar-refractivity contribution in [2.24, 2.45) is 0 Å². The quantitative estimate of drug-likeness (QED) is 0.834. The van der Waals surface area contributed by atoms with Crippen molar-refractivity contribution in [3.8, 4) is 0 Å². The second-order valence-electron chi connectivity index (χ2n) is 6.87. The summed E-state index contributed by atoms with van der Waals surface area (Å²) in [4.78, 5) is 16.6. The van der Waals surface area contributed by atoms with Gasteiger partial charge >= 0.3 is 0 Å². The number of rotatable bonds is 1. The third-order valence-electron chi connectivity index (χ3n) is 2.46. The van der Waals surface area contributed by atoms with E-state index in [1.165, 1.54) is 0 Å². The van der Waals surface area contributed by atoms with Crippen molar-refractivity contribution in [1.82, 2.24) is 10.3 Å². The Labute approximate surface area is 124 Å². The van der Waals surface area contributed by atoms with E-state index in [1.54, 1.807) is 0 Å². The summed E-state index contributed by atoms with van der Waals surface area (Å²) in [7, 11) is 0. The van der Waals surface area contributed by atoms with E-state index in [4.69, 9.17) is 0 Å². The van der Waals surface area contributed by atoms with Gasteiger partial charge < -0.3 is 5.32 Å². The Kier molecular flexibility index (Phi) is 6.39. The lowest BCUT2D eigenvalue weighted by Crippen LogP contribution is -2.41. The number of amides is 1. The topological polar surface area (TPSA) is 42.0 Å². The molecule has 114 valence electrons. The molecule has 0 radical (unpaired) electrons. The van der Waals surface area contributed by atoms with Crippen LogP contribution >= 0.6 is 0 Å². The predicted octanol–water partition coefficient (Wildman–Crippen LogP) is 4.24. The summed E-state index contributed by atoms with van der Waals surface area (Å²) in [6, 6.07) is 3.87. The van der Waals surface area contributed by atoms with Crippen LogP contribution in [-0.4, -0.2) is 16.4 Å². The summed E-state index contributed by atoms with van der Waals surface area (Å²) in [5.74, 6) is -0.114. The van der Waals surface area contributed by atoms with Crippen molar-refractivity contribution in [2.75, 3.05) is 0 Å². The number of hydrogen-bond acceptors (Lipinski definition) is 2. The number of aromatic nitrogens is 1. The Morgan fingerprint density at radius 2 is 1.55 bits per heavy atom. The Morgan fingerprint density at radius 3 is 1.95 bits per heavy atom. The minimum Gasteiger partial charge on any atom is -0.346 e. The van der Waals surface area contributed by atoms with Gasteiger partial charge in [0, 0.05) is 16.6 Å².